The van der Waals surface area contributed by atoms with Gasteiger partial charge in [0.25, 0.3) is 17.7 Å². The second-order valence-corrected chi connectivity index (χ2v) is 16.6. The Morgan fingerprint density at radius 3 is 1.57 bits per heavy atom. The summed E-state index contributed by atoms with van der Waals surface area (Å²) in [7, 11) is 0. The lowest BCUT2D eigenvalue weighted by Gasteiger charge is -2.43. The standard InChI is InChI=1S/C23H25F3N4O3.C22H22F3N5O2/c24-17-3-2-16(10-18(17)30-6-8-33-9-7-30)23(4-1-5-23)11-20-27-12-15(13-28-20)19(31)14-29-22(32)21(25)26;23-16-3-2-15(10-17(16)30-6-8-31-9-7-30)22(4-1-5-22)11-18-26-12-14(13-27-18)20-28-29-21(32-20)19(24)25/h2-3,10,12-13,21H,1,4-9,11,14H2,(H,29,32);2-3,10,12-13,19H,1,4-9,11H2. The van der Waals surface area contributed by atoms with Crippen LogP contribution in [0.4, 0.5) is 37.7 Å². The maximum Gasteiger partial charge on any atom is 0.315 e. The molecule has 14 nitrogen and oxygen atoms in total. The van der Waals surface area contributed by atoms with E-state index in [2.05, 4.69) is 30.1 Å². The second-order valence-electron chi connectivity index (χ2n) is 16.6. The Morgan fingerprint density at radius 2 is 1.15 bits per heavy atom. The minimum atomic E-state index is -3.18. The maximum absolute atomic E-state index is 14.6. The van der Waals surface area contributed by atoms with Gasteiger partial charge in [0.15, 0.2) is 5.78 Å². The molecule has 2 aliphatic heterocycles. The van der Waals surface area contributed by atoms with Crippen LogP contribution in [-0.4, -0.2) is 107 Å². The molecule has 2 aromatic carbocycles. The molecule has 0 radical (unpaired) electrons. The summed E-state index contributed by atoms with van der Waals surface area (Å²) in [5, 5.41) is 8.82. The number of hydrogen-bond acceptors (Lipinski definition) is 13. The van der Waals surface area contributed by atoms with Crippen LogP contribution in [0.2, 0.25) is 0 Å². The summed E-state index contributed by atoms with van der Waals surface area (Å²) in [6, 6.07) is 10.6. The van der Waals surface area contributed by atoms with Gasteiger partial charge in [0.05, 0.1) is 55.5 Å². The zero-order chi connectivity index (χ0) is 45.6. The van der Waals surface area contributed by atoms with Crippen molar-refractivity contribution in [3.63, 3.8) is 0 Å². The first-order valence-electron chi connectivity index (χ1n) is 21.5. The van der Waals surface area contributed by atoms with E-state index in [9.17, 15) is 35.9 Å². The van der Waals surface area contributed by atoms with Gasteiger partial charge in [0.2, 0.25) is 0 Å². The van der Waals surface area contributed by atoms with Gasteiger partial charge in [-0.15, -0.1) is 10.2 Å². The van der Waals surface area contributed by atoms with Crippen molar-refractivity contribution in [2.45, 2.75) is 75.0 Å². The molecule has 0 unspecified atom stereocenters. The summed E-state index contributed by atoms with van der Waals surface area (Å²) < 4.78 is 94.7. The molecule has 0 atom stereocenters. The normalized spacial score (nSPS) is 17.8. The van der Waals surface area contributed by atoms with Crippen molar-refractivity contribution in [1.29, 1.82) is 0 Å². The molecule has 1 N–H and O–H groups in total. The van der Waals surface area contributed by atoms with Crippen LogP contribution in [0.3, 0.4) is 0 Å². The van der Waals surface area contributed by atoms with Crippen LogP contribution in [0, 0.1) is 11.6 Å². The van der Waals surface area contributed by atoms with Crippen LogP contribution in [0.1, 0.15) is 84.0 Å². The number of halogens is 6. The highest BCUT2D eigenvalue weighted by Gasteiger charge is 2.41. The summed E-state index contributed by atoms with van der Waals surface area (Å²) in [5.74, 6) is -2.14. The van der Waals surface area contributed by atoms with Gasteiger partial charge in [0, 0.05) is 74.6 Å². The summed E-state index contributed by atoms with van der Waals surface area (Å²) in [6.07, 6.45) is 6.74. The molecule has 344 valence electrons. The predicted octanol–water partition coefficient (Wildman–Crippen LogP) is 6.79. The van der Waals surface area contributed by atoms with E-state index in [4.69, 9.17) is 13.9 Å². The van der Waals surface area contributed by atoms with Crippen molar-refractivity contribution in [3.05, 3.63) is 107 Å². The first-order chi connectivity index (χ1) is 31.4. The number of nitrogens with zero attached hydrogens (tertiary/aromatic N) is 8. The van der Waals surface area contributed by atoms with E-state index in [1.165, 1.54) is 30.9 Å². The Hall–Kier alpha value is -6.02. The van der Waals surface area contributed by atoms with E-state index >= 15 is 0 Å². The average Bonchev–Trinajstić information content (AvgIpc) is 3.81. The SMILES string of the molecule is Fc1ccc(C2(Cc3ncc(-c4nnc(C(F)F)o4)cn3)CCC2)cc1N1CCOCC1.O=C(CNC(=O)C(F)F)c1cnc(CC2(c3ccc(F)c(N4CCOCC4)c3)CCC2)nc1. The quantitative estimate of drug-likeness (QED) is 0.0918. The van der Waals surface area contributed by atoms with Crippen molar-refractivity contribution in [3.8, 4) is 11.5 Å². The molecule has 2 saturated carbocycles. The zero-order valence-corrected chi connectivity index (χ0v) is 35.3. The third kappa shape index (κ3) is 10.4. The van der Waals surface area contributed by atoms with Crippen LogP contribution >= 0.6 is 0 Å². The Balaban J connectivity index is 0.000000177. The van der Waals surface area contributed by atoms with Gasteiger partial charge in [-0.1, -0.05) is 25.0 Å². The van der Waals surface area contributed by atoms with Crippen LogP contribution in [0.25, 0.3) is 11.5 Å². The fourth-order valence-electron chi connectivity index (χ4n) is 8.66. The molecule has 4 aliphatic rings. The third-order valence-electron chi connectivity index (χ3n) is 12.7. The van der Waals surface area contributed by atoms with E-state index in [1.807, 2.05) is 39.4 Å². The Morgan fingerprint density at radius 1 is 0.677 bits per heavy atom. The second kappa shape index (κ2) is 20.0. The highest BCUT2D eigenvalue weighted by atomic mass is 19.3. The fraction of sp³-hybridized carbons (Fsp3) is 0.467. The highest BCUT2D eigenvalue weighted by Crippen LogP contribution is 2.48. The number of morpholine rings is 2. The number of ketones is 1. The molecule has 4 fully saturated rings. The van der Waals surface area contributed by atoms with Gasteiger partial charge >= 0.3 is 12.9 Å². The van der Waals surface area contributed by atoms with E-state index in [1.54, 1.807) is 6.07 Å². The molecule has 9 rings (SSSR count). The fourth-order valence-corrected chi connectivity index (χ4v) is 8.66. The number of nitrogens with one attached hydrogen (secondary N) is 1. The number of carbonyl (C=O) groups excluding carboxylic acids is 2. The Bertz CT molecular complexity index is 2420. The van der Waals surface area contributed by atoms with Crippen LogP contribution < -0.4 is 15.1 Å². The summed E-state index contributed by atoms with van der Waals surface area (Å²) in [5.41, 5.74) is 3.47. The molecular weight excluding hydrogens is 861 g/mol. The van der Waals surface area contributed by atoms with Crippen LogP contribution in [-0.2, 0) is 37.9 Å². The lowest BCUT2D eigenvalue weighted by molar-refractivity contribution is -0.131. The van der Waals surface area contributed by atoms with Crippen molar-refractivity contribution in [2.75, 3.05) is 69.0 Å². The molecule has 2 aliphatic carbocycles. The van der Waals surface area contributed by atoms with E-state index in [-0.39, 0.29) is 33.9 Å². The van der Waals surface area contributed by atoms with Crippen molar-refractivity contribution >= 4 is 23.1 Å². The number of Topliss-reactive ketones (excluding diaryl/α,β-unsaturated/α-hetero) is 1. The van der Waals surface area contributed by atoms with E-state index < -0.39 is 37.0 Å². The van der Waals surface area contributed by atoms with Crippen molar-refractivity contribution in [1.82, 2.24) is 35.5 Å². The molecule has 1 amide bonds. The Kier molecular flexibility index (Phi) is 14.0. The largest absolute Gasteiger partial charge is 0.415 e. The number of carbonyl (C=O) groups is 2. The summed E-state index contributed by atoms with van der Waals surface area (Å²) in [4.78, 5) is 44.4. The highest BCUT2D eigenvalue weighted by molar-refractivity contribution is 5.99. The van der Waals surface area contributed by atoms with Gasteiger partial charge in [-0.25, -0.2) is 28.7 Å². The third-order valence-corrected chi connectivity index (χ3v) is 12.7. The molecule has 0 spiro atoms. The van der Waals surface area contributed by atoms with E-state index in [0.29, 0.717) is 94.0 Å². The molecule has 5 heterocycles. The number of aromatic nitrogens is 6. The lowest BCUT2D eigenvalue weighted by atomic mass is 9.62. The topological polar surface area (TPSA) is 162 Å². The number of anilines is 2. The molecular formula is C45H47F6N9O5. The molecule has 3 aromatic heterocycles. The van der Waals surface area contributed by atoms with Gasteiger partial charge < -0.3 is 29.0 Å². The van der Waals surface area contributed by atoms with Crippen molar-refractivity contribution < 1.29 is 49.8 Å². The van der Waals surface area contributed by atoms with Gasteiger partial charge in [-0.05, 0) is 61.1 Å². The molecule has 0 bridgehead atoms. The summed E-state index contributed by atoms with van der Waals surface area (Å²) >= 11 is 0. The Labute approximate surface area is 370 Å². The molecule has 5 aromatic rings. The summed E-state index contributed by atoms with van der Waals surface area (Å²) in [6.45, 7) is 4.39. The monoisotopic (exact) mass is 907 g/mol. The number of amides is 1. The number of benzene rings is 2. The molecule has 20 heteroatoms. The number of alkyl halides is 4. The van der Waals surface area contributed by atoms with Gasteiger partial charge in [-0.3, -0.25) is 9.59 Å². The maximum atomic E-state index is 14.6. The van der Waals surface area contributed by atoms with Crippen LogP contribution in [0.5, 0.6) is 0 Å². The predicted molar refractivity (Wildman–Crippen MR) is 223 cm³/mol. The minimum absolute atomic E-state index is 0.0427. The van der Waals surface area contributed by atoms with Crippen molar-refractivity contribution in [2.24, 2.45) is 0 Å². The average molecular weight is 908 g/mol. The van der Waals surface area contributed by atoms with Gasteiger partial charge in [-0.2, -0.15) is 17.6 Å². The van der Waals surface area contributed by atoms with Crippen LogP contribution in [0.15, 0.2) is 65.6 Å². The van der Waals surface area contributed by atoms with Gasteiger partial charge in [0.1, 0.15) is 23.3 Å². The number of rotatable bonds is 14. The first kappa shape index (κ1) is 45.5. The smallest absolute Gasteiger partial charge is 0.315 e. The zero-order valence-electron chi connectivity index (χ0n) is 35.3. The minimum Gasteiger partial charge on any atom is -0.415 e. The lowest BCUT2D eigenvalue weighted by Crippen LogP contribution is -2.39. The number of ether oxygens (including phenoxy) is 2. The first-order valence-corrected chi connectivity index (χ1v) is 21.5. The number of hydrogen-bond donors (Lipinski definition) is 1. The molecule has 2 saturated heterocycles. The van der Waals surface area contributed by atoms with E-state index in [0.717, 1.165) is 49.7 Å². The molecule has 65 heavy (non-hydrogen) atoms.